The summed E-state index contributed by atoms with van der Waals surface area (Å²) >= 11 is 2.89. The third kappa shape index (κ3) is 2.96. The molecule has 0 bridgehead atoms. The molecule has 0 radical (unpaired) electrons. The van der Waals surface area contributed by atoms with Crippen LogP contribution in [0.25, 0.3) is 0 Å². The number of hydrogen-bond donors (Lipinski definition) is 2. The van der Waals surface area contributed by atoms with Crippen LogP contribution in [0, 0.1) is 0 Å². The highest BCUT2D eigenvalue weighted by Gasteiger charge is 2.17. The van der Waals surface area contributed by atoms with E-state index in [1.54, 1.807) is 0 Å². The number of hydrogen-bond acceptors (Lipinski definition) is 3. The highest BCUT2D eigenvalue weighted by atomic mass is 79.9. The lowest BCUT2D eigenvalue weighted by Gasteiger charge is -2.09. The molecule has 1 aromatic rings. The Morgan fingerprint density at radius 1 is 1.62 bits per heavy atom. The summed E-state index contributed by atoms with van der Waals surface area (Å²) < 4.78 is 25.1. The van der Waals surface area contributed by atoms with Crippen LogP contribution in [0.3, 0.4) is 0 Å². The fraction of sp³-hybridized carbons (Fsp3) is 0.333. The first-order valence-electron chi connectivity index (χ1n) is 4.34. The summed E-state index contributed by atoms with van der Waals surface area (Å²) in [4.78, 5) is 14.3. The van der Waals surface area contributed by atoms with Gasteiger partial charge in [0.1, 0.15) is 4.60 Å². The Bertz CT molecular complexity index is 413. The number of aromatic nitrogens is 1. The molecule has 1 heterocycles. The van der Waals surface area contributed by atoms with Crippen LogP contribution in [0.1, 0.15) is 23.2 Å². The molecule has 3 N–H and O–H groups in total. The van der Waals surface area contributed by atoms with Gasteiger partial charge >= 0.3 is 5.97 Å². The predicted molar refractivity (Wildman–Crippen MR) is 56.1 cm³/mol. The summed E-state index contributed by atoms with van der Waals surface area (Å²) in [5.41, 5.74) is 5.55. The summed E-state index contributed by atoms with van der Waals surface area (Å²) in [5, 5.41) is 8.62. The van der Waals surface area contributed by atoms with E-state index in [0.29, 0.717) is 5.69 Å². The van der Waals surface area contributed by atoms with Crippen molar-refractivity contribution in [2.75, 3.05) is 0 Å². The first kappa shape index (κ1) is 13.0. The third-order valence-corrected chi connectivity index (χ3v) is 2.58. The van der Waals surface area contributed by atoms with Crippen LogP contribution in [-0.2, 0) is 17.8 Å². The number of carboxylic acid groups (broad SMARTS) is 1. The molecule has 0 spiro atoms. The highest BCUT2D eigenvalue weighted by Crippen LogP contribution is 2.28. The van der Waals surface area contributed by atoms with E-state index >= 15 is 0 Å². The van der Waals surface area contributed by atoms with Crippen LogP contribution in [0.15, 0.2) is 10.7 Å². The standard InChI is InChI=1S/C9H9BrF2N2O2/c10-8-5(9(11)12)1-4(2-7(15)16)6(3-13)14-8/h1,9H,2-3,13H2,(H,15,16). The van der Waals surface area contributed by atoms with Crippen molar-refractivity contribution in [2.45, 2.75) is 19.4 Å². The first-order valence-corrected chi connectivity index (χ1v) is 5.13. The lowest BCUT2D eigenvalue weighted by Crippen LogP contribution is -2.11. The maximum absolute atomic E-state index is 12.5. The van der Waals surface area contributed by atoms with Crippen LogP contribution in [0.2, 0.25) is 0 Å². The molecule has 0 atom stereocenters. The number of rotatable bonds is 4. The fourth-order valence-electron chi connectivity index (χ4n) is 1.23. The number of alkyl halides is 2. The maximum Gasteiger partial charge on any atom is 0.307 e. The molecule has 7 heteroatoms. The SMILES string of the molecule is NCc1nc(Br)c(C(F)F)cc1CC(=O)O. The Labute approximate surface area is 98.6 Å². The van der Waals surface area contributed by atoms with Crippen LogP contribution in [-0.4, -0.2) is 16.1 Å². The Balaban J connectivity index is 3.22. The Hall–Kier alpha value is -1.08. The lowest BCUT2D eigenvalue weighted by atomic mass is 10.1. The summed E-state index contributed by atoms with van der Waals surface area (Å²) in [6, 6.07) is 1.12. The molecule has 0 aliphatic carbocycles. The molecule has 0 unspecified atom stereocenters. The van der Waals surface area contributed by atoms with E-state index in [0.717, 1.165) is 6.07 Å². The average molecular weight is 295 g/mol. The van der Waals surface area contributed by atoms with Crippen molar-refractivity contribution < 1.29 is 18.7 Å². The highest BCUT2D eigenvalue weighted by molar-refractivity contribution is 9.10. The molecule has 0 saturated heterocycles. The van der Waals surface area contributed by atoms with Crippen molar-refractivity contribution in [2.24, 2.45) is 5.73 Å². The minimum absolute atomic E-state index is 0.00270. The topological polar surface area (TPSA) is 76.2 Å². The zero-order valence-corrected chi connectivity index (χ0v) is 9.67. The second kappa shape index (κ2) is 5.31. The molecular weight excluding hydrogens is 286 g/mol. The van der Waals surface area contributed by atoms with Crippen LogP contribution < -0.4 is 5.73 Å². The van der Waals surface area contributed by atoms with Gasteiger partial charge in [0.25, 0.3) is 6.43 Å². The molecule has 1 rings (SSSR count). The molecular formula is C9H9BrF2N2O2. The summed E-state index contributed by atoms with van der Waals surface area (Å²) in [6.07, 6.45) is -3.08. The van der Waals surface area contributed by atoms with Gasteiger partial charge in [0.05, 0.1) is 17.7 Å². The van der Waals surface area contributed by atoms with Crippen LogP contribution in [0.5, 0.6) is 0 Å². The normalized spacial score (nSPS) is 10.8. The zero-order chi connectivity index (χ0) is 12.3. The van der Waals surface area contributed by atoms with E-state index in [1.165, 1.54) is 0 Å². The smallest absolute Gasteiger partial charge is 0.307 e. The van der Waals surface area contributed by atoms with Gasteiger partial charge in [0, 0.05) is 6.54 Å². The largest absolute Gasteiger partial charge is 0.481 e. The molecule has 4 nitrogen and oxygen atoms in total. The number of carbonyl (C=O) groups is 1. The second-order valence-corrected chi connectivity index (χ2v) is 3.80. The van der Waals surface area contributed by atoms with Gasteiger partial charge in [0.2, 0.25) is 0 Å². The molecule has 16 heavy (non-hydrogen) atoms. The van der Waals surface area contributed by atoms with E-state index in [9.17, 15) is 13.6 Å². The van der Waals surface area contributed by atoms with Crippen molar-refractivity contribution in [3.63, 3.8) is 0 Å². The zero-order valence-electron chi connectivity index (χ0n) is 8.08. The van der Waals surface area contributed by atoms with Crippen molar-refractivity contribution in [3.05, 3.63) is 27.5 Å². The van der Waals surface area contributed by atoms with Gasteiger partial charge in [0.15, 0.2) is 0 Å². The monoisotopic (exact) mass is 294 g/mol. The minimum Gasteiger partial charge on any atom is -0.481 e. The Morgan fingerprint density at radius 3 is 2.69 bits per heavy atom. The predicted octanol–water partition coefficient (Wildman–Crippen LogP) is 1.87. The summed E-state index contributed by atoms with van der Waals surface area (Å²) in [7, 11) is 0. The number of pyridine rings is 1. The summed E-state index contributed by atoms with van der Waals surface area (Å²) in [6.45, 7) is 0.00469. The Kier molecular flexibility index (Phi) is 4.31. The van der Waals surface area contributed by atoms with Gasteiger partial charge in [-0.2, -0.15) is 0 Å². The summed E-state index contributed by atoms with van der Waals surface area (Å²) in [5.74, 6) is -1.11. The van der Waals surface area contributed by atoms with Gasteiger partial charge in [-0.1, -0.05) is 0 Å². The molecule has 0 aliphatic heterocycles. The molecule has 0 saturated carbocycles. The fourth-order valence-corrected chi connectivity index (χ4v) is 1.73. The van der Waals surface area contributed by atoms with E-state index in [2.05, 4.69) is 20.9 Å². The molecule has 88 valence electrons. The van der Waals surface area contributed by atoms with Crippen molar-refractivity contribution in [1.82, 2.24) is 4.98 Å². The number of nitrogens with two attached hydrogens (primary N) is 1. The van der Waals surface area contributed by atoms with Crippen LogP contribution >= 0.6 is 15.9 Å². The molecule has 0 aromatic carbocycles. The Morgan fingerprint density at radius 2 is 2.25 bits per heavy atom. The number of aliphatic carboxylic acids is 1. The van der Waals surface area contributed by atoms with E-state index in [-0.39, 0.29) is 28.7 Å². The van der Waals surface area contributed by atoms with Gasteiger partial charge < -0.3 is 10.8 Å². The van der Waals surface area contributed by atoms with Crippen LogP contribution in [0.4, 0.5) is 8.78 Å². The third-order valence-electron chi connectivity index (χ3n) is 1.94. The van der Waals surface area contributed by atoms with E-state index in [4.69, 9.17) is 10.8 Å². The van der Waals surface area contributed by atoms with E-state index < -0.39 is 12.4 Å². The minimum atomic E-state index is -2.71. The van der Waals surface area contributed by atoms with Gasteiger partial charge in [-0.3, -0.25) is 4.79 Å². The number of carboxylic acids is 1. The van der Waals surface area contributed by atoms with E-state index in [1.807, 2.05) is 0 Å². The van der Waals surface area contributed by atoms with Gasteiger partial charge in [-0.15, -0.1) is 0 Å². The number of nitrogens with zero attached hydrogens (tertiary/aromatic N) is 1. The second-order valence-electron chi connectivity index (χ2n) is 3.05. The average Bonchev–Trinajstić information content (AvgIpc) is 2.18. The molecule has 0 aliphatic rings. The molecule has 0 fully saturated rings. The van der Waals surface area contributed by atoms with Crippen molar-refractivity contribution in [1.29, 1.82) is 0 Å². The van der Waals surface area contributed by atoms with Crippen molar-refractivity contribution in [3.8, 4) is 0 Å². The molecule has 0 amide bonds. The van der Waals surface area contributed by atoms with Gasteiger partial charge in [-0.05, 0) is 27.6 Å². The van der Waals surface area contributed by atoms with Crippen molar-refractivity contribution >= 4 is 21.9 Å². The maximum atomic E-state index is 12.5. The number of halogens is 3. The molecule has 1 aromatic heterocycles. The van der Waals surface area contributed by atoms with Gasteiger partial charge in [-0.25, -0.2) is 13.8 Å². The quantitative estimate of drug-likeness (QED) is 0.831. The first-order chi connectivity index (χ1) is 7.45. The lowest BCUT2D eigenvalue weighted by molar-refractivity contribution is -0.136.